The number of halogens is 1. The molecule has 1 saturated heterocycles. The number of amides is 1. The molecule has 0 saturated carbocycles. The van der Waals surface area contributed by atoms with Gasteiger partial charge in [0.1, 0.15) is 0 Å². The van der Waals surface area contributed by atoms with Crippen molar-refractivity contribution in [1.82, 2.24) is 10.3 Å². The highest BCUT2D eigenvalue weighted by Gasteiger charge is 2.30. The van der Waals surface area contributed by atoms with Crippen molar-refractivity contribution in [3.63, 3.8) is 0 Å². The van der Waals surface area contributed by atoms with Crippen LogP contribution in [0.15, 0.2) is 18.2 Å². The summed E-state index contributed by atoms with van der Waals surface area (Å²) in [6, 6.07) is 4.71. The van der Waals surface area contributed by atoms with E-state index in [0.717, 1.165) is 30.7 Å². The minimum atomic E-state index is -0.445. The second-order valence-corrected chi connectivity index (χ2v) is 6.61. The molecule has 0 bridgehead atoms. The zero-order valence-corrected chi connectivity index (χ0v) is 14.7. The number of anilines is 2. The summed E-state index contributed by atoms with van der Waals surface area (Å²) in [5.74, 6) is -0.154. The number of nitrogens with one attached hydrogen (secondary N) is 3. The molecule has 3 N–H and O–H groups in total. The third-order valence-corrected chi connectivity index (χ3v) is 5.05. The van der Waals surface area contributed by atoms with Gasteiger partial charge in [0.25, 0.3) is 5.91 Å². The number of methoxy groups -OCH3 is 1. The van der Waals surface area contributed by atoms with Gasteiger partial charge in [-0.3, -0.25) is 4.79 Å². The van der Waals surface area contributed by atoms with Crippen molar-refractivity contribution in [2.75, 3.05) is 32.2 Å². The van der Waals surface area contributed by atoms with Crippen LogP contribution in [-0.2, 0) is 11.2 Å². The molecule has 2 aromatic rings. The molecule has 1 fully saturated rings. The van der Waals surface area contributed by atoms with E-state index in [9.17, 15) is 9.18 Å². The Morgan fingerprint density at radius 1 is 1.31 bits per heavy atom. The predicted molar refractivity (Wildman–Crippen MR) is 95.9 cm³/mol. The third-order valence-electron chi connectivity index (χ3n) is 5.05. The fourth-order valence-electron chi connectivity index (χ4n) is 3.77. The lowest BCUT2D eigenvalue weighted by Gasteiger charge is -2.23. The Morgan fingerprint density at radius 3 is 2.88 bits per heavy atom. The summed E-state index contributed by atoms with van der Waals surface area (Å²) in [5, 5.41) is 6.16. The molecular weight excluding hydrogens is 337 g/mol. The molecule has 0 unspecified atom stereocenters. The average molecular weight is 359 g/mol. The van der Waals surface area contributed by atoms with Crippen LogP contribution in [-0.4, -0.2) is 37.8 Å². The van der Waals surface area contributed by atoms with Gasteiger partial charge in [-0.2, -0.15) is 0 Å². The monoisotopic (exact) mass is 359 g/mol. The molecule has 0 radical (unpaired) electrons. The van der Waals surface area contributed by atoms with Crippen LogP contribution in [0.3, 0.4) is 0 Å². The van der Waals surface area contributed by atoms with Gasteiger partial charge in [-0.1, -0.05) is 6.07 Å². The van der Waals surface area contributed by atoms with Crippen LogP contribution in [0.1, 0.15) is 40.5 Å². The van der Waals surface area contributed by atoms with E-state index in [2.05, 4.69) is 15.6 Å². The lowest BCUT2D eigenvalue weighted by Crippen LogP contribution is -2.31. The van der Waals surface area contributed by atoms with Gasteiger partial charge in [-0.25, -0.2) is 4.39 Å². The van der Waals surface area contributed by atoms with Gasteiger partial charge in [0.05, 0.1) is 24.0 Å². The Labute approximate surface area is 151 Å². The summed E-state index contributed by atoms with van der Waals surface area (Å²) in [6.07, 6.45) is 2.52. The Bertz CT molecular complexity index is 828. The molecule has 2 aliphatic rings. The number of aromatic amines is 1. The molecule has 1 amide bonds. The first-order valence-electron chi connectivity index (χ1n) is 8.89. The van der Waals surface area contributed by atoms with E-state index in [0.29, 0.717) is 36.7 Å². The molecule has 0 aliphatic carbocycles. The molecule has 4 rings (SSSR count). The largest absolute Gasteiger partial charge is 0.492 e. The van der Waals surface area contributed by atoms with Gasteiger partial charge in [0.2, 0.25) is 0 Å². The fourth-order valence-corrected chi connectivity index (χ4v) is 3.77. The highest BCUT2D eigenvalue weighted by Crippen LogP contribution is 2.40. The smallest absolute Gasteiger partial charge is 0.255 e. The molecule has 6 nitrogen and oxygen atoms in total. The number of hydrogen-bond acceptors (Lipinski definition) is 4. The zero-order chi connectivity index (χ0) is 18.1. The van der Waals surface area contributed by atoms with Gasteiger partial charge in [-0.05, 0) is 25.0 Å². The van der Waals surface area contributed by atoms with Crippen molar-refractivity contribution in [2.45, 2.75) is 25.2 Å². The van der Waals surface area contributed by atoms with Crippen molar-refractivity contribution >= 4 is 17.3 Å². The number of ether oxygens (including phenoxy) is 2. The Morgan fingerprint density at radius 2 is 2.12 bits per heavy atom. The maximum absolute atomic E-state index is 14.1. The molecular formula is C19H22FN3O3. The predicted octanol–water partition coefficient (Wildman–Crippen LogP) is 3.09. The summed E-state index contributed by atoms with van der Waals surface area (Å²) in [4.78, 5) is 16.0. The molecule has 1 aromatic heterocycles. The van der Waals surface area contributed by atoms with E-state index in [1.54, 1.807) is 12.1 Å². The average Bonchev–Trinajstić information content (AvgIpc) is 3.02. The number of aromatic nitrogens is 1. The van der Waals surface area contributed by atoms with E-state index < -0.39 is 5.82 Å². The van der Waals surface area contributed by atoms with Crippen molar-refractivity contribution in [3.8, 4) is 5.75 Å². The van der Waals surface area contributed by atoms with Crippen LogP contribution < -0.4 is 15.4 Å². The number of fused-ring (bicyclic) bond motifs is 1. The van der Waals surface area contributed by atoms with Crippen molar-refractivity contribution in [1.29, 1.82) is 0 Å². The van der Waals surface area contributed by atoms with Crippen LogP contribution in [0.5, 0.6) is 5.75 Å². The van der Waals surface area contributed by atoms with Crippen LogP contribution >= 0.6 is 0 Å². The molecule has 0 atom stereocenters. The number of para-hydroxylation sites is 1. The number of benzene rings is 1. The van der Waals surface area contributed by atoms with E-state index >= 15 is 0 Å². The molecule has 0 spiro atoms. The number of carbonyl (C=O) groups excluding carboxylic acids is 1. The fraction of sp³-hybridized carbons (Fsp3) is 0.421. The Kier molecular flexibility index (Phi) is 4.55. The second-order valence-electron chi connectivity index (χ2n) is 6.61. The highest BCUT2D eigenvalue weighted by molar-refractivity contribution is 6.03. The molecule has 3 heterocycles. The Balaban J connectivity index is 1.80. The van der Waals surface area contributed by atoms with E-state index in [1.807, 2.05) is 0 Å². The van der Waals surface area contributed by atoms with Gasteiger partial charge in [0.15, 0.2) is 11.6 Å². The topological polar surface area (TPSA) is 75.4 Å². The summed E-state index contributed by atoms with van der Waals surface area (Å²) in [7, 11) is 1.43. The zero-order valence-electron chi connectivity index (χ0n) is 14.7. The summed E-state index contributed by atoms with van der Waals surface area (Å²) in [6.45, 7) is 2.01. The molecule has 26 heavy (non-hydrogen) atoms. The molecule has 1 aromatic carbocycles. The number of carbonyl (C=O) groups is 1. The number of rotatable bonds is 4. The van der Waals surface area contributed by atoms with Crippen LogP contribution in [0, 0.1) is 5.82 Å². The summed E-state index contributed by atoms with van der Waals surface area (Å²) < 4.78 is 24.8. The maximum atomic E-state index is 14.1. The van der Waals surface area contributed by atoms with Gasteiger partial charge in [-0.15, -0.1) is 0 Å². The lowest BCUT2D eigenvalue weighted by molar-refractivity contribution is 0.0847. The van der Waals surface area contributed by atoms with Crippen molar-refractivity contribution in [2.24, 2.45) is 0 Å². The normalized spacial score (nSPS) is 17.5. The second kappa shape index (κ2) is 6.99. The van der Waals surface area contributed by atoms with Crippen molar-refractivity contribution in [3.05, 3.63) is 41.0 Å². The number of hydrogen-bond donors (Lipinski definition) is 3. The molecule has 2 aliphatic heterocycles. The van der Waals surface area contributed by atoms with Crippen LogP contribution in [0.2, 0.25) is 0 Å². The van der Waals surface area contributed by atoms with Crippen LogP contribution in [0.4, 0.5) is 15.8 Å². The summed E-state index contributed by atoms with van der Waals surface area (Å²) >= 11 is 0. The van der Waals surface area contributed by atoms with Gasteiger partial charge in [0, 0.05) is 43.5 Å². The van der Waals surface area contributed by atoms with E-state index in [4.69, 9.17) is 9.47 Å². The lowest BCUT2D eigenvalue weighted by atomic mass is 9.94. The maximum Gasteiger partial charge on any atom is 0.255 e. The SMILES string of the molecule is COc1c(F)cccc1Nc1c(C2CCOCC2)[nH]c2c1C(=O)NCC2. The highest BCUT2D eigenvalue weighted by atomic mass is 19.1. The first-order chi connectivity index (χ1) is 12.7. The minimum Gasteiger partial charge on any atom is -0.492 e. The molecule has 138 valence electrons. The number of H-pyrrole nitrogens is 1. The van der Waals surface area contributed by atoms with E-state index in [1.165, 1.54) is 13.2 Å². The Hall–Kier alpha value is -2.54. The molecule has 7 heteroatoms. The van der Waals surface area contributed by atoms with Gasteiger partial charge < -0.3 is 25.1 Å². The van der Waals surface area contributed by atoms with E-state index in [-0.39, 0.29) is 17.6 Å². The summed E-state index contributed by atoms with van der Waals surface area (Å²) in [5.41, 5.74) is 3.74. The quantitative estimate of drug-likeness (QED) is 0.784. The first-order valence-corrected chi connectivity index (χ1v) is 8.89. The van der Waals surface area contributed by atoms with Crippen LogP contribution in [0.25, 0.3) is 0 Å². The minimum absolute atomic E-state index is 0.112. The van der Waals surface area contributed by atoms with Crippen molar-refractivity contribution < 1.29 is 18.7 Å². The third kappa shape index (κ3) is 2.92. The first kappa shape index (κ1) is 16.9. The standard InChI is InChI=1S/C19H22FN3O3/c1-25-18-12(20)3-2-4-14(18)23-17-15-13(5-8-21-19(15)24)22-16(17)11-6-9-26-10-7-11/h2-4,11,22-23H,5-10H2,1H3,(H,21,24). The van der Waals surface area contributed by atoms with Gasteiger partial charge >= 0.3 is 0 Å².